The Bertz CT molecular complexity index is 798. The van der Waals surface area contributed by atoms with Crippen LogP contribution in [-0.2, 0) is 14.4 Å². The third kappa shape index (κ3) is 4.32. The summed E-state index contributed by atoms with van der Waals surface area (Å²) in [6, 6.07) is 12.1. The van der Waals surface area contributed by atoms with Gasteiger partial charge in [0, 0.05) is 5.56 Å². The lowest BCUT2D eigenvalue weighted by atomic mass is 10.1. The van der Waals surface area contributed by atoms with Crippen LogP contribution in [-0.4, -0.2) is 20.3 Å². The summed E-state index contributed by atoms with van der Waals surface area (Å²) in [6.45, 7) is 1.74. The van der Waals surface area contributed by atoms with Gasteiger partial charge in [0.05, 0.1) is 0 Å². The van der Waals surface area contributed by atoms with E-state index in [4.69, 9.17) is 0 Å². The SMILES string of the molecule is Cc1ccc(S(=O)(=O)O/N=C(\c2ccccc2)C(F)(F)F)cc1. The van der Waals surface area contributed by atoms with Gasteiger partial charge < -0.3 is 0 Å². The molecule has 0 atom stereocenters. The van der Waals surface area contributed by atoms with E-state index in [1.807, 2.05) is 0 Å². The lowest BCUT2D eigenvalue weighted by molar-refractivity contribution is -0.0597. The van der Waals surface area contributed by atoms with Crippen LogP contribution in [0.4, 0.5) is 13.2 Å². The molecular formula is C15H12F3NO3S. The fourth-order valence-corrected chi connectivity index (χ4v) is 2.43. The fourth-order valence-electron chi connectivity index (χ4n) is 1.70. The van der Waals surface area contributed by atoms with Gasteiger partial charge in [-0.2, -0.15) is 21.6 Å². The van der Waals surface area contributed by atoms with Gasteiger partial charge in [0.15, 0.2) is 5.71 Å². The standard InChI is InChI=1S/C15H12F3NO3S/c1-11-7-9-13(10-8-11)23(20,21)22-19-14(15(16,17)18)12-5-3-2-4-6-12/h2-10H,1H3/b19-14+. The Morgan fingerprint density at radius 1 is 1.00 bits per heavy atom. The highest BCUT2D eigenvalue weighted by Gasteiger charge is 2.38. The van der Waals surface area contributed by atoms with E-state index in [1.165, 1.54) is 42.5 Å². The van der Waals surface area contributed by atoms with Crippen LogP contribution >= 0.6 is 0 Å². The predicted octanol–water partition coefficient (Wildman–Crippen LogP) is 3.67. The minimum absolute atomic E-state index is 0.276. The molecule has 0 N–H and O–H groups in total. The molecule has 0 amide bonds. The molecule has 8 heteroatoms. The van der Waals surface area contributed by atoms with Crippen LogP contribution < -0.4 is 0 Å². The van der Waals surface area contributed by atoms with Gasteiger partial charge in [0.1, 0.15) is 4.90 Å². The van der Waals surface area contributed by atoms with Crippen molar-refractivity contribution in [3.8, 4) is 0 Å². The van der Waals surface area contributed by atoms with Crippen LogP contribution in [0.25, 0.3) is 0 Å². The number of benzene rings is 2. The molecule has 0 unspecified atom stereocenters. The Kier molecular flexibility index (Phi) is 4.74. The van der Waals surface area contributed by atoms with Crippen molar-refractivity contribution in [3.63, 3.8) is 0 Å². The van der Waals surface area contributed by atoms with E-state index in [0.29, 0.717) is 0 Å². The Morgan fingerprint density at radius 2 is 1.57 bits per heavy atom. The molecular weight excluding hydrogens is 331 g/mol. The molecule has 0 radical (unpaired) electrons. The molecule has 0 saturated heterocycles. The highest BCUT2D eigenvalue weighted by atomic mass is 32.2. The first-order valence-electron chi connectivity index (χ1n) is 6.41. The van der Waals surface area contributed by atoms with Crippen molar-refractivity contribution in [1.29, 1.82) is 0 Å². The maximum atomic E-state index is 13.0. The topological polar surface area (TPSA) is 55.7 Å². The molecule has 0 saturated carbocycles. The fraction of sp³-hybridized carbons (Fsp3) is 0.133. The monoisotopic (exact) mass is 343 g/mol. The maximum Gasteiger partial charge on any atom is 0.437 e. The third-order valence-electron chi connectivity index (χ3n) is 2.85. The van der Waals surface area contributed by atoms with Crippen LogP contribution in [0.2, 0.25) is 0 Å². The average molecular weight is 343 g/mol. The van der Waals surface area contributed by atoms with Gasteiger partial charge in [-0.15, -0.1) is 0 Å². The first kappa shape index (κ1) is 17.0. The number of rotatable bonds is 4. The summed E-state index contributed by atoms with van der Waals surface area (Å²) in [7, 11) is -4.43. The van der Waals surface area contributed by atoms with Crippen molar-refractivity contribution in [2.24, 2.45) is 5.16 Å². The Labute approximate surface area is 131 Å². The second-order valence-corrected chi connectivity index (χ2v) is 6.17. The first-order chi connectivity index (χ1) is 10.7. The number of halogens is 3. The largest absolute Gasteiger partial charge is 0.437 e. The molecule has 23 heavy (non-hydrogen) atoms. The molecule has 0 bridgehead atoms. The summed E-state index contributed by atoms with van der Waals surface area (Å²) in [5.41, 5.74) is -0.916. The zero-order chi connectivity index (χ0) is 17.1. The second kappa shape index (κ2) is 6.41. The summed E-state index contributed by atoms with van der Waals surface area (Å²) in [5, 5.41) is 2.84. The van der Waals surface area contributed by atoms with E-state index in [0.717, 1.165) is 17.7 Å². The van der Waals surface area contributed by atoms with E-state index < -0.39 is 22.0 Å². The van der Waals surface area contributed by atoms with Gasteiger partial charge in [-0.25, -0.2) is 0 Å². The molecule has 0 aliphatic rings. The van der Waals surface area contributed by atoms with Crippen molar-refractivity contribution < 1.29 is 25.9 Å². The number of aryl methyl sites for hydroxylation is 1. The summed E-state index contributed by atoms with van der Waals surface area (Å²) in [6.07, 6.45) is -4.86. The number of hydrogen-bond acceptors (Lipinski definition) is 4. The van der Waals surface area contributed by atoms with Gasteiger partial charge in [-0.05, 0) is 19.1 Å². The molecule has 0 aliphatic carbocycles. The van der Waals surface area contributed by atoms with Crippen LogP contribution in [0.1, 0.15) is 11.1 Å². The number of nitrogens with zero attached hydrogens (tertiary/aromatic N) is 1. The van der Waals surface area contributed by atoms with Gasteiger partial charge in [-0.1, -0.05) is 53.2 Å². The number of oxime groups is 1. The minimum atomic E-state index is -4.86. The van der Waals surface area contributed by atoms with Crippen molar-refractivity contribution in [1.82, 2.24) is 0 Å². The van der Waals surface area contributed by atoms with Gasteiger partial charge in [0.25, 0.3) is 0 Å². The normalized spacial score (nSPS) is 13.0. The maximum absolute atomic E-state index is 13.0. The highest BCUT2D eigenvalue weighted by molar-refractivity contribution is 7.86. The predicted molar refractivity (Wildman–Crippen MR) is 78.5 cm³/mol. The van der Waals surface area contributed by atoms with E-state index in [2.05, 4.69) is 9.44 Å². The minimum Gasteiger partial charge on any atom is -0.264 e. The Balaban J connectivity index is 2.36. The molecule has 2 aromatic carbocycles. The number of hydrogen-bond donors (Lipinski definition) is 0. The van der Waals surface area contributed by atoms with E-state index in [9.17, 15) is 21.6 Å². The van der Waals surface area contributed by atoms with Crippen LogP contribution in [0.5, 0.6) is 0 Å². The average Bonchev–Trinajstić information content (AvgIpc) is 2.47. The molecule has 4 nitrogen and oxygen atoms in total. The van der Waals surface area contributed by atoms with Gasteiger partial charge >= 0.3 is 16.3 Å². The zero-order valence-electron chi connectivity index (χ0n) is 11.9. The van der Waals surface area contributed by atoms with Crippen LogP contribution in [0.15, 0.2) is 64.6 Å². The smallest absolute Gasteiger partial charge is 0.264 e. The Morgan fingerprint density at radius 3 is 2.09 bits per heavy atom. The van der Waals surface area contributed by atoms with E-state index in [-0.39, 0.29) is 10.5 Å². The van der Waals surface area contributed by atoms with Gasteiger partial charge in [0.2, 0.25) is 0 Å². The van der Waals surface area contributed by atoms with Crippen molar-refractivity contribution in [2.75, 3.05) is 0 Å². The highest BCUT2D eigenvalue weighted by Crippen LogP contribution is 2.24. The first-order valence-corrected chi connectivity index (χ1v) is 7.82. The van der Waals surface area contributed by atoms with Crippen LogP contribution in [0.3, 0.4) is 0 Å². The molecule has 122 valence electrons. The molecule has 0 heterocycles. The lowest BCUT2D eigenvalue weighted by Gasteiger charge is -2.10. The summed E-state index contributed by atoms with van der Waals surface area (Å²) in [4.78, 5) is -0.276. The van der Waals surface area contributed by atoms with Crippen molar-refractivity contribution in [3.05, 3.63) is 65.7 Å². The van der Waals surface area contributed by atoms with Crippen molar-refractivity contribution >= 4 is 15.8 Å². The Hall–Kier alpha value is -2.35. The molecule has 0 spiro atoms. The number of alkyl halides is 3. The van der Waals surface area contributed by atoms with E-state index >= 15 is 0 Å². The van der Waals surface area contributed by atoms with Crippen LogP contribution in [0, 0.1) is 6.92 Å². The summed E-state index contributed by atoms with van der Waals surface area (Å²) in [5.74, 6) is 0. The van der Waals surface area contributed by atoms with Crippen molar-refractivity contribution in [2.45, 2.75) is 18.0 Å². The molecule has 2 rings (SSSR count). The summed E-state index contributed by atoms with van der Waals surface area (Å²) >= 11 is 0. The third-order valence-corrected chi connectivity index (χ3v) is 3.97. The quantitative estimate of drug-likeness (QED) is 0.629. The molecule has 0 aliphatic heterocycles. The molecule has 2 aromatic rings. The lowest BCUT2D eigenvalue weighted by Crippen LogP contribution is -2.25. The molecule has 0 aromatic heterocycles. The second-order valence-electron chi connectivity index (χ2n) is 4.65. The van der Waals surface area contributed by atoms with Gasteiger partial charge in [-0.3, -0.25) is 4.28 Å². The zero-order valence-corrected chi connectivity index (χ0v) is 12.7. The van der Waals surface area contributed by atoms with E-state index in [1.54, 1.807) is 6.92 Å². The molecule has 0 fully saturated rings. The summed E-state index contributed by atoms with van der Waals surface area (Å²) < 4.78 is 67.1.